The fourth-order valence-corrected chi connectivity index (χ4v) is 1.73. The van der Waals surface area contributed by atoms with Crippen molar-refractivity contribution >= 4 is 15.9 Å². The Bertz CT molecular complexity index is 583. The van der Waals surface area contributed by atoms with Gasteiger partial charge >= 0.3 is 0 Å². The lowest BCUT2D eigenvalue weighted by Gasteiger charge is -2.08. The van der Waals surface area contributed by atoms with Crippen LogP contribution in [0.2, 0.25) is 0 Å². The van der Waals surface area contributed by atoms with Crippen LogP contribution in [0.5, 0.6) is 11.6 Å². The second-order valence-corrected chi connectivity index (χ2v) is 4.22. The van der Waals surface area contributed by atoms with Crippen molar-refractivity contribution in [1.29, 1.82) is 0 Å². The number of benzene rings is 1. The van der Waals surface area contributed by atoms with Crippen molar-refractivity contribution in [1.82, 2.24) is 9.97 Å². The highest BCUT2D eigenvalue weighted by Crippen LogP contribution is 2.26. The van der Waals surface area contributed by atoms with E-state index < -0.39 is 0 Å². The van der Waals surface area contributed by atoms with Crippen LogP contribution in [0.4, 0.5) is 0 Å². The fraction of sp³-hybridized carbons (Fsp3) is 0.0909. The summed E-state index contributed by atoms with van der Waals surface area (Å²) in [6.07, 6.45) is 1.29. The molecule has 6 heteroatoms. The highest BCUT2D eigenvalue weighted by Gasteiger charge is 2.05. The molecule has 0 saturated carbocycles. The number of H-pyrrole nitrogens is 1. The third-order valence-electron chi connectivity index (χ3n) is 2.11. The van der Waals surface area contributed by atoms with Crippen LogP contribution < -0.4 is 16.0 Å². The van der Waals surface area contributed by atoms with Gasteiger partial charge in [-0.3, -0.25) is 4.79 Å². The smallest absolute Gasteiger partial charge is 0.254 e. The van der Waals surface area contributed by atoms with Crippen LogP contribution in [0.15, 0.2) is 39.9 Å². The number of ether oxygens (including phenoxy) is 1. The topological polar surface area (TPSA) is 81.0 Å². The summed E-state index contributed by atoms with van der Waals surface area (Å²) in [5.74, 6) is 0.833. The molecule has 0 aliphatic rings. The minimum Gasteiger partial charge on any atom is -0.438 e. The molecule has 0 aliphatic heterocycles. The molecule has 0 fully saturated rings. The maximum Gasteiger partial charge on any atom is 0.254 e. The van der Waals surface area contributed by atoms with E-state index in [4.69, 9.17) is 10.5 Å². The quantitative estimate of drug-likeness (QED) is 0.904. The number of aromatic nitrogens is 2. The van der Waals surface area contributed by atoms with E-state index in [0.717, 1.165) is 10.0 Å². The first kappa shape index (κ1) is 11.8. The monoisotopic (exact) mass is 295 g/mol. The Balaban J connectivity index is 2.33. The molecule has 0 saturated heterocycles. The van der Waals surface area contributed by atoms with Crippen LogP contribution in [0, 0.1) is 0 Å². The van der Waals surface area contributed by atoms with E-state index in [0.29, 0.717) is 12.3 Å². The van der Waals surface area contributed by atoms with Crippen LogP contribution in [-0.4, -0.2) is 9.97 Å². The molecule has 17 heavy (non-hydrogen) atoms. The van der Waals surface area contributed by atoms with Crippen molar-refractivity contribution in [2.45, 2.75) is 6.54 Å². The Morgan fingerprint density at radius 1 is 1.41 bits per heavy atom. The molecule has 1 heterocycles. The second kappa shape index (κ2) is 5.11. The van der Waals surface area contributed by atoms with Gasteiger partial charge in [0, 0.05) is 16.6 Å². The summed E-state index contributed by atoms with van der Waals surface area (Å²) >= 11 is 3.35. The molecule has 5 nitrogen and oxygen atoms in total. The zero-order valence-corrected chi connectivity index (χ0v) is 10.4. The maximum atomic E-state index is 11.1. The van der Waals surface area contributed by atoms with Gasteiger partial charge < -0.3 is 15.5 Å². The number of hydrogen-bond donors (Lipinski definition) is 2. The van der Waals surface area contributed by atoms with Crippen molar-refractivity contribution in [2.24, 2.45) is 5.73 Å². The van der Waals surface area contributed by atoms with Gasteiger partial charge in [0.15, 0.2) is 0 Å². The van der Waals surface area contributed by atoms with E-state index in [1.54, 1.807) is 6.07 Å². The van der Waals surface area contributed by atoms with E-state index in [1.807, 2.05) is 12.1 Å². The first-order valence-corrected chi connectivity index (χ1v) is 5.69. The maximum absolute atomic E-state index is 11.1. The van der Waals surface area contributed by atoms with E-state index >= 15 is 0 Å². The molecule has 1 aromatic heterocycles. The third kappa shape index (κ3) is 2.92. The van der Waals surface area contributed by atoms with Crippen LogP contribution in [0.1, 0.15) is 5.56 Å². The molecule has 0 amide bonds. The molecule has 0 atom stereocenters. The largest absolute Gasteiger partial charge is 0.438 e. The Hall–Kier alpha value is -1.66. The van der Waals surface area contributed by atoms with Gasteiger partial charge in [-0.1, -0.05) is 15.9 Å². The molecule has 0 radical (unpaired) electrons. The zero-order chi connectivity index (χ0) is 12.3. The van der Waals surface area contributed by atoms with Gasteiger partial charge in [-0.25, -0.2) is 4.98 Å². The Morgan fingerprint density at radius 3 is 2.94 bits per heavy atom. The molecule has 0 spiro atoms. The predicted molar refractivity (Wildman–Crippen MR) is 67.0 cm³/mol. The van der Waals surface area contributed by atoms with E-state index in [9.17, 15) is 4.79 Å². The summed E-state index contributed by atoms with van der Waals surface area (Å²) < 4.78 is 6.42. The lowest BCUT2D eigenvalue weighted by molar-refractivity contribution is 0.455. The normalized spacial score (nSPS) is 10.2. The summed E-state index contributed by atoms with van der Waals surface area (Å²) in [7, 11) is 0. The molecule has 0 unspecified atom stereocenters. The van der Waals surface area contributed by atoms with Gasteiger partial charge in [-0.2, -0.15) is 0 Å². The molecule has 0 bridgehead atoms. The predicted octanol–water partition coefficient (Wildman–Crippen LogP) is 1.78. The molecule has 2 aromatic rings. The summed E-state index contributed by atoms with van der Waals surface area (Å²) in [6, 6.07) is 6.75. The Kier molecular flexibility index (Phi) is 3.55. The van der Waals surface area contributed by atoms with Crippen molar-refractivity contribution < 1.29 is 4.74 Å². The molecule has 88 valence electrons. The van der Waals surface area contributed by atoms with Crippen molar-refractivity contribution in [3.63, 3.8) is 0 Å². The van der Waals surface area contributed by atoms with E-state index in [2.05, 4.69) is 25.9 Å². The lowest BCUT2D eigenvalue weighted by Crippen LogP contribution is -2.05. The Labute approximate surface area is 106 Å². The van der Waals surface area contributed by atoms with Crippen LogP contribution in [-0.2, 0) is 6.54 Å². The molecular formula is C11H10BrN3O2. The third-order valence-corrected chi connectivity index (χ3v) is 2.60. The summed E-state index contributed by atoms with van der Waals surface area (Å²) in [4.78, 5) is 17.4. The van der Waals surface area contributed by atoms with Crippen LogP contribution in [0.3, 0.4) is 0 Å². The van der Waals surface area contributed by atoms with Crippen LogP contribution >= 0.6 is 15.9 Å². The number of rotatable bonds is 3. The van der Waals surface area contributed by atoms with Crippen molar-refractivity contribution in [3.05, 3.63) is 51.0 Å². The second-order valence-electron chi connectivity index (χ2n) is 3.31. The molecule has 3 N–H and O–H groups in total. The Morgan fingerprint density at radius 2 is 2.24 bits per heavy atom. The fourth-order valence-electron chi connectivity index (χ4n) is 1.33. The minimum absolute atomic E-state index is 0.241. The number of hydrogen-bond acceptors (Lipinski definition) is 4. The molecular weight excluding hydrogens is 286 g/mol. The number of halogens is 1. The summed E-state index contributed by atoms with van der Waals surface area (Å²) in [5, 5.41) is 0. The number of nitrogens with zero attached hydrogens (tertiary/aromatic N) is 1. The van der Waals surface area contributed by atoms with Gasteiger partial charge in [0.25, 0.3) is 5.56 Å². The van der Waals surface area contributed by atoms with Gasteiger partial charge in [0.05, 0.1) is 12.4 Å². The SMILES string of the molecule is NCc1cc(Br)ccc1Oc1cc(=O)[nH]cn1. The van der Waals surface area contributed by atoms with Gasteiger partial charge in [0.2, 0.25) is 5.88 Å². The first-order chi connectivity index (χ1) is 8.19. The minimum atomic E-state index is -0.263. The number of aromatic amines is 1. The number of nitrogens with one attached hydrogen (secondary N) is 1. The zero-order valence-electron chi connectivity index (χ0n) is 8.81. The highest BCUT2D eigenvalue weighted by molar-refractivity contribution is 9.10. The number of nitrogens with two attached hydrogens (primary N) is 1. The average Bonchev–Trinajstić information content (AvgIpc) is 2.31. The highest BCUT2D eigenvalue weighted by atomic mass is 79.9. The van der Waals surface area contributed by atoms with Crippen molar-refractivity contribution in [2.75, 3.05) is 0 Å². The van der Waals surface area contributed by atoms with Crippen LogP contribution in [0.25, 0.3) is 0 Å². The van der Waals surface area contributed by atoms with E-state index in [-0.39, 0.29) is 11.4 Å². The first-order valence-electron chi connectivity index (χ1n) is 4.90. The molecule has 0 aliphatic carbocycles. The van der Waals surface area contributed by atoms with Gasteiger partial charge in [0.1, 0.15) is 5.75 Å². The lowest BCUT2D eigenvalue weighted by atomic mass is 10.2. The van der Waals surface area contributed by atoms with Gasteiger partial charge in [-0.05, 0) is 18.2 Å². The average molecular weight is 296 g/mol. The van der Waals surface area contributed by atoms with Crippen molar-refractivity contribution in [3.8, 4) is 11.6 Å². The summed E-state index contributed by atoms with van der Waals surface area (Å²) in [5.41, 5.74) is 6.19. The van der Waals surface area contributed by atoms with E-state index in [1.165, 1.54) is 12.4 Å². The molecule has 1 aromatic carbocycles. The standard InChI is InChI=1S/C11H10BrN3O2/c12-8-1-2-9(7(3-8)5-13)17-11-4-10(16)14-6-15-11/h1-4,6H,5,13H2,(H,14,15,16). The molecule has 2 rings (SSSR count). The summed E-state index contributed by atoms with van der Waals surface area (Å²) in [6.45, 7) is 0.345. The van der Waals surface area contributed by atoms with Gasteiger partial charge in [-0.15, -0.1) is 0 Å².